The van der Waals surface area contributed by atoms with E-state index in [0.717, 1.165) is 13.8 Å². The lowest BCUT2D eigenvalue weighted by Gasteiger charge is -2.29. The molecule has 0 aliphatic carbocycles. The normalized spacial score (nSPS) is 19.9. The average Bonchev–Trinajstić information content (AvgIpc) is 1.83. The van der Waals surface area contributed by atoms with E-state index in [0.29, 0.717) is 0 Å². The Morgan fingerprint density at radius 2 is 1.83 bits per heavy atom. The maximum atomic E-state index is 12.0. The molecule has 0 aliphatic rings. The highest BCUT2D eigenvalue weighted by molar-refractivity contribution is 6.66. The number of halogens is 4. The van der Waals surface area contributed by atoms with Crippen molar-refractivity contribution >= 4 is 16.8 Å². The molecule has 0 saturated carbocycles. The van der Waals surface area contributed by atoms with Crippen LogP contribution in [0.25, 0.3) is 0 Å². The molecule has 0 saturated heterocycles. The zero-order chi connectivity index (χ0) is 10.2. The fourth-order valence-electron chi connectivity index (χ4n) is 0.509. The van der Waals surface area contributed by atoms with Crippen LogP contribution in [0.1, 0.15) is 13.8 Å². The fraction of sp³-hybridized carbons (Fsp3) is 0.833. The van der Waals surface area contributed by atoms with Crippen LogP contribution in [0.4, 0.5) is 13.2 Å². The third-order valence-corrected chi connectivity index (χ3v) is 2.16. The van der Waals surface area contributed by atoms with E-state index in [9.17, 15) is 13.2 Å². The molecule has 0 rings (SSSR count). The second-order valence-electron chi connectivity index (χ2n) is 2.72. The van der Waals surface area contributed by atoms with E-state index in [4.69, 9.17) is 22.1 Å². The monoisotopic (exact) mass is 203 g/mol. The van der Waals surface area contributed by atoms with E-state index < -0.39 is 22.9 Å². The Hall–Kier alpha value is -0.290. The number of nitrogens with one attached hydrogen (secondary N) is 1. The molecule has 0 fully saturated rings. The van der Waals surface area contributed by atoms with Crippen molar-refractivity contribution in [2.75, 3.05) is 0 Å². The molecule has 0 aromatic rings. The van der Waals surface area contributed by atoms with Gasteiger partial charge in [-0.05, 0) is 6.92 Å². The van der Waals surface area contributed by atoms with E-state index in [1.165, 1.54) is 0 Å². The fourth-order valence-corrected chi connectivity index (χ4v) is 0.672. The molecule has 0 aromatic carbocycles. The lowest BCUT2D eigenvalue weighted by atomic mass is 9.91. The van der Waals surface area contributed by atoms with Crippen LogP contribution >= 0.6 is 11.6 Å². The first kappa shape index (κ1) is 11.7. The van der Waals surface area contributed by atoms with Gasteiger partial charge < -0.3 is 5.11 Å². The molecule has 6 heteroatoms. The molecule has 0 aromatic heterocycles. The first-order valence-electron chi connectivity index (χ1n) is 3.13. The minimum Gasteiger partial charge on any atom is -0.382 e. The lowest BCUT2D eigenvalue weighted by molar-refractivity contribution is -0.202. The standard InChI is InChI=1S/C6H9ClF3NO/c1-3(6(8,9)10)5(2,12)4(7)11/h3,11-12H,1-2H3/t3-,5?/m0/s1. The van der Waals surface area contributed by atoms with Gasteiger partial charge in [0.2, 0.25) is 0 Å². The molecule has 0 radical (unpaired) electrons. The second-order valence-corrected chi connectivity index (χ2v) is 3.10. The maximum absolute atomic E-state index is 12.0. The van der Waals surface area contributed by atoms with Gasteiger partial charge in [0.15, 0.2) is 0 Å². The SMILES string of the molecule is C[C@H](C(F)(F)F)C(C)(O)C(=N)Cl. The summed E-state index contributed by atoms with van der Waals surface area (Å²) in [5.41, 5.74) is -2.33. The topological polar surface area (TPSA) is 44.1 Å². The van der Waals surface area contributed by atoms with Gasteiger partial charge in [0.05, 0.1) is 5.92 Å². The summed E-state index contributed by atoms with van der Waals surface area (Å²) in [6.07, 6.45) is -4.55. The van der Waals surface area contributed by atoms with Gasteiger partial charge in [-0.15, -0.1) is 0 Å². The largest absolute Gasteiger partial charge is 0.394 e. The highest BCUT2D eigenvalue weighted by atomic mass is 35.5. The molecule has 2 nitrogen and oxygen atoms in total. The Bertz CT molecular complexity index is 190. The van der Waals surface area contributed by atoms with Crippen molar-refractivity contribution in [2.45, 2.75) is 25.6 Å². The Kier molecular flexibility index (Phi) is 3.14. The molecule has 2 atom stereocenters. The van der Waals surface area contributed by atoms with Crippen LogP contribution in [-0.4, -0.2) is 22.1 Å². The third-order valence-electron chi connectivity index (χ3n) is 1.78. The summed E-state index contributed by atoms with van der Waals surface area (Å²) < 4.78 is 36.0. The molecule has 0 bridgehead atoms. The molecule has 12 heavy (non-hydrogen) atoms. The van der Waals surface area contributed by atoms with E-state index in [1.807, 2.05) is 0 Å². The molecule has 0 spiro atoms. The lowest BCUT2D eigenvalue weighted by Crippen LogP contribution is -2.45. The molecular weight excluding hydrogens is 195 g/mol. The van der Waals surface area contributed by atoms with Gasteiger partial charge >= 0.3 is 6.18 Å². The molecular formula is C6H9ClF3NO. The van der Waals surface area contributed by atoms with Gasteiger partial charge in [0.25, 0.3) is 0 Å². The van der Waals surface area contributed by atoms with Crippen LogP contribution in [0.3, 0.4) is 0 Å². The number of rotatable bonds is 2. The highest BCUT2D eigenvalue weighted by Gasteiger charge is 2.49. The Labute approximate surface area is 72.8 Å². The number of hydrogen-bond acceptors (Lipinski definition) is 2. The number of aliphatic hydroxyl groups is 1. The first-order chi connectivity index (χ1) is 5.10. The van der Waals surface area contributed by atoms with Crippen LogP contribution < -0.4 is 0 Å². The van der Waals surface area contributed by atoms with Crippen molar-refractivity contribution in [1.29, 1.82) is 5.41 Å². The predicted molar refractivity (Wildman–Crippen MR) is 39.4 cm³/mol. The average molecular weight is 204 g/mol. The zero-order valence-corrected chi connectivity index (χ0v) is 7.29. The van der Waals surface area contributed by atoms with Crippen molar-refractivity contribution in [3.05, 3.63) is 0 Å². The zero-order valence-electron chi connectivity index (χ0n) is 6.54. The Balaban J connectivity index is 4.69. The quantitative estimate of drug-likeness (QED) is 0.664. The van der Waals surface area contributed by atoms with Gasteiger partial charge in [-0.1, -0.05) is 18.5 Å². The van der Waals surface area contributed by atoms with E-state index >= 15 is 0 Å². The van der Waals surface area contributed by atoms with Crippen molar-refractivity contribution in [2.24, 2.45) is 5.92 Å². The van der Waals surface area contributed by atoms with E-state index in [2.05, 4.69) is 0 Å². The molecule has 72 valence electrons. The number of alkyl halides is 3. The van der Waals surface area contributed by atoms with Gasteiger partial charge in [-0.2, -0.15) is 13.2 Å². The minimum atomic E-state index is -4.55. The van der Waals surface area contributed by atoms with Crippen molar-refractivity contribution in [3.8, 4) is 0 Å². The minimum absolute atomic E-state index is 0.775. The predicted octanol–water partition coefficient (Wildman–Crippen LogP) is 2.15. The van der Waals surface area contributed by atoms with Crippen LogP contribution in [0.15, 0.2) is 0 Å². The molecule has 0 amide bonds. The maximum Gasteiger partial charge on any atom is 0.394 e. The van der Waals surface area contributed by atoms with E-state index in [-0.39, 0.29) is 0 Å². The summed E-state index contributed by atoms with van der Waals surface area (Å²) in [4.78, 5) is 0. The van der Waals surface area contributed by atoms with Crippen LogP contribution in [0.2, 0.25) is 0 Å². The van der Waals surface area contributed by atoms with E-state index in [1.54, 1.807) is 0 Å². The summed E-state index contributed by atoms with van der Waals surface area (Å²) in [6.45, 7) is 1.64. The Morgan fingerprint density at radius 1 is 1.50 bits per heavy atom. The molecule has 2 N–H and O–H groups in total. The first-order valence-corrected chi connectivity index (χ1v) is 3.51. The smallest absolute Gasteiger partial charge is 0.382 e. The van der Waals surface area contributed by atoms with Crippen molar-refractivity contribution in [3.63, 3.8) is 0 Å². The second kappa shape index (κ2) is 3.22. The van der Waals surface area contributed by atoms with Crippen LogP contribution in [0.5, 0.6) is 0 Å². The summed E-state index contributed by atoms with van der Waals surface area (Å²) in [5, 5.41) is 14.9. The van der Waals surface area contributed by atoms with Crippen molar-refractivity contribution < 1.29 is 18.3 Å². The summed E-state index contributed by atoms with van der Waals surface area (Å²) in [7, 11) is 0. The van der Waals surface area contributed by atoms with Gasteiger partial charge in [-0.3, -0.25) is 5.41 Å². The Morgan fingerprint density at radius 3 is 1.92 bits per heavy atom. The molecule has 0 heterocycles. The third kappa shape index (κ3) is 2.35. The molecule has 1 unspecified atom stereocenters. The van der Waals surface area contributed by atoms with Gasteiger partial charge in [0.1, 0.15) is 10.8 Å². The van der Waals surface area contributed by atoms with Gasteiger partial charge in [0, 0.05) is 0 Å². The number of hydrogen-bond donors (Lipinski definition) is 2. The van der Waals surface area contributed by atoms with Gasteiger partial charge in [-0.25, -0.2) is 0 Å². The molecule has 0 aliphatic heterocycles. The highest BCUT2D eigenvalue weighted by Crippen LogP contribution is 2.35. The van der Waals surface area contributed by atoms with Crippen LogP contribution in [0, 0.1) is 11.3 Å². The van der Waals surface area contributed by atoms with Crippen molar-refractivity contribution in [1.82, 2.24) is 0 Å². The van der Waals surface area contributed by atoms with Crippen LogP contribution in [-0.2, 0) is 0 Å². The summed E-state index contributed by atoms with van der Waals surface area (Å²) in [6, 6.07) is 0. The summed E-state index contributed by atoms with van der Waals surface area (Å²) in [5.74, 6) is -2.05. The summed E-state index contributed by atoms with van der Waals surface area (Å²) >= 11 is 5.00.